The number of aliphatic hydroxyl groups excluding tert-OH is 1. The van der Waals surface area contributed by atoms with Gasteiger partial charge in [-0.1, -0.05) is 18.2 Å². The van der Waals surface area contributed by atoms with Gasteiger partial charge in [0.1, 0.15) is 17.4 Å². The largest absolute Gasteiger partial charge is 0.508 e. The van der Waals surface area contributed by atoms with Crippen molar-refractivity contribution in [1.29, 1.82) is 0 Å². The van der Waals surface area contributed by atoms with Crippen LogP contribution in [-0.4, -0.2) is 28.8 Å². The molecule has 2 aromatic carbocycles. The number of benzene rings is 2. The van der Waals surface area contributed by atoms with E-state index in [4.69, 9.17) is 0 Å². The molecule has 0 saturated heterocycles. The van der Waals surface area contributed by atoms with Crippen molar-refractivity contribution in [3.63, 3.8) is 0 Å². The lowest BCUT2D eigenvalue weighted by Gasteiger charge is -2.12. The van der Waals surface area contributed by atoms with Gasteiger partial charge < -0.3 is 15.5 Å². The van der Waals surface area contributed by atoms with Crippen LogP contribution in [0.15, 0.2) is 42.5 Å². The number of halogens is 2. The molecule has 1 unspecified atom stereocenters. The van der Waals surface area contributed by atoms with Gasteiger partial charge in [0.05, 0.1) is 12.5 Å². The maximum Gasteiger partial charge on any atom is 0.224 e. The van der Waals surface area contributed by atoms with E-state index in [9.17, 15) is 23.8 Å². The summed E-state index contributed by atoms with van der Waals surface area (Å²) >= 11 is 0. The first kappa shape index (κ1) is 16.9. The first-order valence-electron chi connectivity index (χ1n) is 7.10. The van der Waals surface area contributed by atoms with E-state index in [0.717, 1.165) is 12.1 Å². The highest BCUT2D eigenvalue weighted by Crippen LogP contribution is 2.12. The molecule has 0 fully saturated rings. The highest BCUT2D eigenvalue weighted by molar-refractivity contribution is 5.78. The van der Waals surface area contributed by atoms with Crippen molar-refractivity contribution >= 4 is 5.91 Å². The molecule has 6 heteroatoms. The highest BCUT2D eigenvalue weighted by Gasteiger charge is 2.12. The molecular formula is C17H17F2NO3. The van der Waals surface area contributed by atoms with E-state index < -0.39 is 17.7 Å². The first-order valence-corrected chi connectivity index (χ1v) is 7.10. The third-order valence-corrected chi connectivity index (χ3v) is 3.28. The van der Waals surface area contributed by atoms with E-state index in [1.807, 2.05) is 0 Å². The quantitative estimate of drug-likeness (QED) is 0.761. The third-order valence-electron chi connectivity index (χ3n) is 3.28. The SMILES string of the molecule is O=C(Cc1cccc(O)c1)NCC(O)Cc1ccc(F)cc1F. The number of carbonyl (C=O) groups excluding carboxylic acids is 1. The van der Waals surface area contributed by atoms with Crippen molar-refractivity contribution < 1.29 is 23.8 Å². The number of aromatic hydroxyl groups is 1. The van der Waals surface area contributed by atoms with Gasteiger partial charge in [-0.3, -0.25) is 4.79 Å². The Bertz CT molecular complexity index is 691. The summed E-state index contributed by atoms with van der Waals surface area (Å²) < 4.78 is 26.3. The molecule has 0 heterocycles. The van der Waals surface area contributed by atoms with Crippen LogP contribution in [0.2, 0.25) is 0 Å². The normalized spacial score (nSPS) is 12.0. The number of nitrogens with one attached hydrogen (secondary N) is 1. The van der Waals surface area contributed by atoms with Crippen LogP contribution in [0.3, 0.4) is 0 Å². The second-order valence-corrected chi connectivity index (χ2v) is 5.24. The molecule has 1 atom stereocenters. The van der Waals surface area contributed by atoms with Crippen LogP contribution in [0.5, 0.6) is 5.75 Å². The summed E-state index contributed by atoms with van der Waals surface area (Å²) in [4.78, 5) is 11.8. The van der Waals surface area contributed by atoms with Gasteiger partial charge in [-0.2, -0.15) is 0 Å². The Morgan fingerprint density at radius 3 is 2.65 bits per heavy atom. The second-order valence-electron chi connectivity index (χ2n) is 5.24. The predicted molar refractivity (Wildman–Crippen MR) is 80.9 cm³/mol. The van der Waals surface area contributed by atoms with Crippen molar-refractivity contribution in [1.82, 2.24) is 5.32 Å². The standard InChI is InChI=1S/C17H17F2NO3/c18-13-5-4-12(16(19)9-13)8-15(22)10-20-17(23)7-11-2-1-3-14(21)6-11/h1-6,9,15,21-22H,7-8,10H2,(H,20,23). The van der Waals surface area contributed by atoms with Crippen LogP contribution in [0.25, 0.3) is 0 Å². The summed E-state index contributed by atoms with van der Waals surface area (Å²) in [5.74, 6) is -1.66. The zero-order chi connectivity index (χ0) is 16.8. The maximum absolute atomic E-state index is 13.5. The van der Waals surface area contributed by atoms with Crippen LogP contribution in [-0.2, 0) is 17.6 Å². The molecule has 0 aliphatic rings. The number of carbonyl (C=O) groups is 1. The van der Waals surface area contributed by atoms with E-state index in [1.54, 1.807) is 12.1 Å². The van der Waals surface area contributed by atoms with Gasteiger partial charge in [-0.05, 0) is 29.3 Å². The smallest absolute Gasteiger partial charge is 0.224 e. The lowest BCUT2D eigenvalue weighted by molar-refractivity contribution is -0.120. The Morgan fingerprint density at radius 1 is 1.17 bits per heavy atom. The first-order chi connectivity index (χ1) is 10.9. The number of phenols is 1. The van der Waals surface area contributed by atoms with Crippen molar-refractivity contribution in [2.24, 2.45) is 0 Å². The van der Waals surface area contributed by atoms with Crippen LogP contribution in [0.1, 0.15) is 11.1 Å². The van der Waals surface area contributed by atoms with Gasteiger partial charge in [0.2, 0.25) is 5.91 Å². The molecule has 2 aromatic rings. The van der Waals surface area contributed by atoms with Crippen LogP contribution < -0.4 is 5.32 Å². The second kappa shape index (κ2) is 7.69. The molecular weight excluding hydrogens is 304 g/mol. The fourth-order valence-corrected chi connectivity index (χ4v) is 2.16. The monoisotopic (exact) mass is 321 g/mol. The zero-order valence-electron chi connectivity index (χ0n) is 12.3. The summed E-state index contributed by atoms with van der Waals surface area (Å²) in [6, 6.07) is 9.44. The van der Waals surface area contributed by atoms with Gasteiger partial charge in [0.15, 0.2) is 0 Å². The average Bonchev–Trinajstić information content (AvgIpc) is 2.48. The number of rotatable bonds is 6. The van der Waals surface area contributed by atoms with Gasteiger partial charge in [-0.25, -0.2) is 8.78 Å². The Hall–Kier alpha value is -2.47. The van der Waals surface area contributed by atoms with Crippen molar-refractivity contribution in [2.45, 2.75) is 18.9 Å². The van der Waals surface area contributed by atoms with Crippen molar-refractivity contribution in [2.75, 3.05) is 6.54 Å². The number of amides is 1. The van der Waals surface area contributed by atoms with Crippen LogP contribution in [0, 0.1) is 11.6 Å². The molecule has 2 rings (SSSR count). The van der Waals surface area contributed by atoms with Crippen molar-refractivity contribution in [3.05, 3.63) is 65.2 Å². The van der Waals surface area contributed by atoms with E-state index in [0.29, 0.717) is 5.56 Å². The Labute approximate surface area is 132 Å². The summed E-state index contributed by atoms with van der Waals surface area (Å²) in [6.07, 6.45) is -0.951. The average molecular weight is 321 g/mol. The molecule has 0 aliphatic carbocycles. The summed E-state index contributed by atoms with van der Waals surface area (Å²) in [7, 11) is 0. The zero-order valence-corrected chi connectivity index (χ0v) is 12.3. The molecule has 0 spiro atoms. The summed E-state index contributed by atoms with van der Waals surface area (Å²) in [6.45, 7) is -0.0472. The van der Waals surface area contributed by atoms with E-state index in [1.165, 1.54) is 18.2 Å². The topological polar surface area (TPSA) is 69.6 Å². The fraction of sp³-hybridized carbons (Fsp3) is 0.235. The van der Waals surface area contributed by atoms with E-state index in [-0.39, 0.29) is 36.6 Å². The van der Waals surface area contributed by atoms with E-state index in [2.05, 4.69) is 5.32 Å². The molecule has 0 aliphatic heterocycles. The molecule has 0 aromatic heterocycles. The predicted octanol–water partition coefficient (Wildman–Crippen LogP) is 1.93. The summed E-state index contributed by atoms with van der Waals surface area (Å²) in [5, 5.41) is 21.7. The van der Waals surface area contributed by atoms with E-state index >= 15 is 0 Å². The lowest BCUT2D eigenvalue weighted by Crippen LogP contribution is -2.34. The molecule has 3 N–H and O–H groups in total. The van der Waals surface area contributed by atoms with Crippen LogP contribution >= 0.6 is 0 Å². The summed E-state index contributed by atoms with van der Waals surface area (Å²) in [5.41, 5.74) is 0.822. The molecule has 1 amide bonds. The van der Waals surface area contributed by atoms with Gasteiger partial charge >= 0.3 is 0 Å². The number of hydrogen-bond donors (Lipinski definition) is 3. The van der Waals surface area contributed by atoms with Gasteiger partial charge in [0.25, 0.3) is 0 Å². The van der Waals surface area contributed by atoms with Crippen molar-refractivity contribution in [3.8, 4) is 5.75 Å². The fourth-order valence-electron chi connectivity index (χ4n) is 2.16. The molecule has 0 bridgehead atoms. The molecule has 23 heavy (non-hydrogen) atoms. The third kappa shape index (κ3) is 5.34. The maximum atomic E-state index is 13.5. The Kier molecular flexibility index (Phi) is 5.65. The minimum atomic E-state index is -0.983. The number of hydrogen-bond acceptors (Lipinski definition) is 3. The minimum absolute atomic E-state index is 0.0292. The van der Waals surface area contributed by atoms with Gasteiger partial charge in [0, 0.05) is 19.0 Å². The lowest BCUT2D eigenvalue weighted by atomic mass is 10.1. The molecule has 0 radical (unpaired) electrons. The minimum Gasteiger partial charge on any atom is -0.508 e. The Morgan fingerprint density at radius 2 is 1.96 bits per heavy atom. The number of aliphatic hydroxyl groups is 1. The molecule has 4 nitrogen and oxygen atoms in total. The molecule has 122 valence electrons. The van der Waals surface area contributed by atoms with Crippen LogP contribution in [0.4, 0.5) is 8.78 Å². The highest BCUT2D eigenvalue weighted by atomic mass is 19.1. The Balaban J connectivity index is 1.81. The number of phenolic OH excluding ortho intramolecular Hbond substituents is 1. The van der Waals surface area contributed by atoms with Gasteiger partial charge in [-0.15, -0.1) is 0 Å². The molecule has 0 saturated carbocycles.